The number of carbonyl (C=O) groups is 1. The summed E-state index contributed by atoms with van der Waals surface area (Å²) in [6.45, 7) is 1.83. The lowest BCUT2D eigenvalue weighted by molar-refractivity contribution is -0.123. The van der Waals surface area contributed by atoms with Crippen LogP contribution in [-0.4, -0.2) is 34.2 Å². The van der Waals surface area contributed by atoms with E-state index >= 15 is 0 Å². The van der Waals surface area contributed by atoms with Crippen LogP contribution in [0.2, 0.25) is 0 Å². The molecule has 1 aromatic carbocycles. The highest BCUT2D eigenvalue weighted by atomic mass is 32.2. The quantitative estimate of drug-likeness (QED) is 0.464. The van der Waals surface area contributed by atoms with Gasteiger partial charge in [-0.05, 0) is 38.6 Å². The maximum absolute atomic E-state index is 11.4. The monoisotopic (exact) mass is 304 g/mol. The molecule has 1 aromatic heterocycles. The Morgan fingerprint density at radius 1 is 1.38 bits per heavy atom. The maximum Gasteiger partial charge on any atom is 0.237 e. The molecule has 112 valence electrons. The van der Waals surface area contributed by atoms with E-state index in [0.29, 0.717) is 6.42 Å². The zero-order valence-electron chi connectivity index (χ0n) is 12.3. The molecule has 5 nitrogen and oxygen atoms in total. The first-order valence-corrected chi connectivity index (χ1v) is 7.87. The number of thioether (sulfide) groups is 1. The third-order valence-electron chi connectivity index (χ3n) is 3.66. The Morgan fingerprint density at radius 2 is 2.14 bits per heavy atom. The molecule has 0 radical (unpaired) electrons. The highest BCUT2D eigenvalue weighted by Crippen LogP contribution is 2.25. The van der Waals surface area contributed by atoms with Crippen LogP contribution in [0.15, 0.2) is 35.6 Å². The molecule has 0 saturated heterocycles. The summed E-state index contributed by atoms with van der Waals surface area (Å²) in [6, 6.07) is 7.96. The SMILES string of the molecule is CNC(C)(CCCSc1ncnc2ccccc12)C(N)=O. The van der Waals surface area contributed by atoms with Gasteiger partial charge in [0, 0.05) is 5.39 Å². The summed E-state index contributed by atoms with van der Waals surface area (Å²) in [5.41, 5.74) is 5.73. The number of nitrogens with one attached hydrogen (secondary N) is 1. The van der Waals surface area contributed by atoms with Crippen molar-refractivity contribution in [2.75, 3.05) is 12.8 Å². The van der Waals surface area contributed by atoms with Crippen LogP contribution >= 0.6 is 11.8 Å². The summed E-state index contributed by atoms with van der Waals surface area (Å²) >= 11 is 1.68. The first-order chi connectivity index (χ1) is 10.1. The van der Waals surface area contributed by atoms with Gasteiger partial charge in [0.1, 0.15) is 11.4 Å². The third-order valence-corrected chi connectivity index (χ3v) is 4.75. The van der Waals surface area contributed by atoms with Crippen molar-refractivity contribution in [1.29, 1.82) is 0 Å². The number of rotatable bonds is 7. The minimum absolute atomic E-state index is 0.317. The average molecular weight is 304 g/mol. The van der Waals surface area contributed by atoms with Crippen molar-refractivity contribution in [2.45, 2.75) is 30.3 Å². The Labute approximate surface area is 128 Å². The van der Waals surface area contributed by atoms with E-state index in [1.165, 1.54) is 0 Å². The predicted octanol–water partition coefficient (Wildman–Crippen LogP) is 1.97. The molecule has 3 N–H and O–H groups in total. The molecule has 1 amide bonds. The Balaban J connectivity index is 1.96. The van der Waals surface area contributed by atoms with Gasteiger partial charge in [0.05, 0.1) is 11.1 Å². The smallest absolute Gasteiger partial charge is 0.237 e. The lowest BCUT2D eigenvalue weighted by Gasteiger charge is -2.25. The van der Waals surface area contributed by atoms with E-state index in [9.17, 15) is 4.79 Å². The van der Waals surface area contributed by atoms with Gasteiger partial charge in [-0.3, -0.25) is 4.79 Å². The van der Waals surface area contributed by atoms with Crippen LogP contribution in [0, 0.1) is 0 Å². The van der Waals surface area contributed by atoms with Gasteiger partial charge in [-0.1, -0.05) is 18.2 Å². The number of nitrogens with two attached hydrogens (primary N) is 1. The second-order valence-electron chi connectivity index (χ2n) is 5.09. The minimum atomic E-state index is -0.645. The number of amides is 1. The second-order valence-corrected chi connectivity index (χ2v) is 6.18. The number of fused-ring (bicyclic) bond motifs is 1. The van der Waals surface area contributed by atoms with E-state index in [4.69, 9.17) is 5.73 Å². The van der Waals surface area contributed by atoms with Gasteiger partial charge in [0.2, 0.25) is 5.91 Å². The van der Waals surface area contributed by atoms with E-state index < -0.39 is 5.54 Å². The molecule has 0 fully saturated rings. The summed E-state index contributed by atoms with van der Waals surface area (Å²) < 4.78 is 0. The molecule has 1 unspecified atom stereocenters. The molecule has 0 aliphatic rings. The van der Waals surface area contributed by atoms with E-state index in [1.807, 2.05) is 31.2 Å². The Hall–Kier alpha value is -1.66. The number of primary amides is 1. The molecule has 2 aromatic rings. The number of likely N-dealkylation sites (N-methyl/N-ethyl adjacent to an activating group) is 1. The predicted molar refractivity (Wildman–Crippen MR) is 86.2 cm³/mol. The summed E-state index contributed by atoms with van der Waals surface area (Å²) in [7, 11) is 1.76. The van der Waals surface area contributed by atoms with Crippen molar-refractivity contribution in [2.24, 2.45) is 5.73 Å². The topological polar surface area (TPSA) is 80.9 Å². The molecule has 1 atom stereocenters. The average Bonchev–Trinajstić information content (AvgIpc) is 2.51. The normalized spacial score (nSPS) is 14.0. The van der Waals surface area contributed by atoms with Crippen molar-refractivity contribution >= 4 is 28.6 Å². The number of carbonyl (C=O) groups excluding carboxylic acids is 1. The molecule has 6 heteroatoms. The summed E-state index contributed by atoms with van der Waals surface area (Å²) in [5, 5.41) is 5.04. The van der Waals surface area contributed by atoms with Gasteiger partial charge in [-0.15, -0.1) is 11.8 Å². The van der Waals surface area contributed by atoms with E-state index in [2.05, 4.69) is 15.3 Å². The zero-order chi connectivity index (χ0) is 15.3. The molecule has 0 aliphatic heterocycles. The molecular weight excluding hydrogens is 284 g/mol. The standard InChI is InChI=1S/C15H20N4OS/c1-15(17-2,14(16)20)8-5-9-21-13-11-6-3-4-7-12(11)18-10-19-13/h3-4,6-7,10,17H,5,8-9H2,1-2H3,(H2,16,20). The summed E-state index contributed by atoms with van der Waals surface area (Å²) in [4.78, 5) is 20.0. The van der Waals surface area contributed by atoms with Gasteiger partial charge < -0.3 is 11.1 Å². The Morgan fingerprint density at radius 3 is 2.86 bits per heavy atom. The second kappa shape index (κ2) is 6.87. The summed E-state index contributed by atoms with van der Waals surface area (Å²) in [6.07, 6.45) is 3.17. The van der Waals surface area contributed by atoms with Crippen molar-refractivity contribution in [3.63, 3.8) is 0 Å². The Bertz CT molecular complexity index is 629. The third kappa shape index (κ3) is 3.71. The zero-order valence-corrected chi connectivity index (χ0v) is 13.1. The number of aromatic nitrogens is 2. The van der Waals surface area contributed by atoms with Crippen LogP contribution in [-0.2, 0) is 4.79 Å². The van der Waals surface area contributed by atoms with Crippen LogP contribution in [0.25, 0.3) is 10.9 Å². The van der Waals surface area contributed by atoms with Crippen molar-refractivity contribution in [1.82, 2.24) is 15.3 Å². The van der Waals surface area contributed by atoms with E-state index in [-0.39, 0.29) is 5.91 Å². The number of para-hydroxylation sites is 1. The van der Waals surface area contributed by atoms with Crippen LogP contribution in [0.4, 0.5) is 0 Å². The number of hydrogen-bond donors (Lipinski definition) is 2. The van der Waals surface area contributed by atoms with Crippen LogP contribution in [0.3, 0.4) is 0 Å². The van der Waals surface area contributed by atoms with Crippen molar-refractivity contribution in [3.8, 4) is 0 Å². The van der Waals surface area contributed by atoms with Crippen molar-refractivity contribution < 1.29 is 4.79 Å². The van der Waals surface area contributed by atoms with Crippen molar-refractivity contribution in [3.05, 3.63) is 30.6 Å². The van der Waals surface area contributed by atoms with Gasteiger partial charge in [0.15, 0.2) is 0 Å². The fourth-order valence-corrected chi connectivity index (χ4v) is 2.99. The molecule has 1 heterocycles. The number of benzene rings is 1. The van der Waals surface area contributed by atoms with Crippen LogP contribution in [0.1, 0.15) is 19.8 Å². The molecule has 0 bridgehead atoms. The maximum atomic E-state index is 11.4. The summed E-state index contributed by atoms with van der Waals surface area (Å²) in [5.74, 6) is 0.563. The minimum Gasteiger partial charge on any atom is -0.368 e. The molecule has 21 heavy (non-hydrogen) atoms. The highest BCUT2D eigenvalue weighted by Gasteiger charge is 2.27. The first kappa shape index (κ1) is 15.7. The largest absolute Gasteiger partial charge is 0.368 e. The molecule has 2 rings (SSSR count). The fraction of sp³-hybridized carbons (Fsp3) is 0.400. The molecule has 0 aliphatic carbocycles. The van der Waals surface area contributed by atoms with E-state index in [1.54, 1.807) is 25.1 Å². The van der Waals surface area contributed by atoms with E-state index in [0.717, 1.165) is 28.1 Å². The fourth-order valence-electron chi connectivity index (χ4n) is 2.06. The van der Waals surface area contributed by atoms with Gasteiger partial charge >= 0.3 is 0 Å². The van der Waals surface area contributed by atoms with Crippen LogP contribution in [0.5, 0.6) is 0 Å². The molecule has 0 saturated carbocycles. The molecular formula is C15H20N4OS. The van der Waals surface area contributed by atoms with Gasteiger partial charge in [-0.2, -0.15) is 0 Å². The number of nitrogens with zero attached hydrogens (tertiary/aromatic N) is 2. The van der Waals surface area contributed by atoms with Gasteiger partial charge in [-0.25, -0.2) is 9.97 Å². The van der Waals surface area contributed by atoms with Crippen LogP contribution < -0.4 is 11.1 Å². The number of hydrogen-bond acceptors (Lipinski definition) is 5. The first-order valence-electron chi connectivity index (χ1n) is 6.88. The Kier molecular flexibility index (Phi) is 5.14. The molecule has 0 spiro atoms. The lowest BCUT2D eigenvalue weighted by atomic mass is 9.96. The highest BCUT2D eigenvalue weighted by molar-refractivity contribution is 7.99. The lowest BCUT2D eigenvalue weighted by Crippen LogP contribution is -2.51. The van der Waals surface area contributed by atoms with Gasteiger partial charge in [0.25, 0.3) is 0 Å².